The lowest BCUT2D eigenvalue weighted by Crippen LogP contribution is -2.26. The second kappa shape index (κ2) is 11.2. The molecule has 0 aliphatic heterocycles. The number of thioether (sulfide) groups is 1. The Bertz CT molecular complexity index is 1420. The zero-order valence-electron chi connectivity index (χ0n) is 21.7. The van der Waals surface area contributed by atoms with E-state index in [4.69, 9.17) is 4.98 Å². The van der Waals surface area contributed by atoms with Crippen molar-refractivity contribution in [3.63, 3.8) is 0 Å². The fourth-order valence-electron chi connectivity index (χ4n) is 4.19. The molecule has 0 atom stereocenters. The van der Waals surface area contributed by atoms with Gasteiger partial charge in [-0.1, -0.05) is 51.1 Å². The van der Waals surface area contributed by atoms with E-state index >= 15 is 0 Å². The Morgan fingerprint density at radius 3 is 2.49 bits per heavy atom. The maximum atomic E-state index is 13.0. The highest BCUT2D eigenvalue weighted by atomic mass is 32.2. The largest absolute Gasteiger partial charge is 0.481 e. The minimum Gasteiger partial charge on any atom is -0.481 e. The first kappa shape index (κ1) is 26.5. The van der Waals surface area contributed by atoms with Gasteiger partial charge >= 0.3 is 5.97 Å². The van der Waals surface area contributed by atoms with Crippen molar-refractivity contribution in [2.45, 2.75) is 51.0 Å². The number of benzene rings is 2. The number of aromatic nitrogens is 2. The van der Waals surface area contributed by atoms with Crippen molar-refractivity contribution in [1.82, 2.24) is 14.9 Å². The van der Waals surface area contributed by atoms with Gasteiger partial charge in [0.05, 0.1) is 12.1 Å². The van der Waals surface area contributed by atoms with E-state index in [1.165, 1.54) is 5.56 Å². The standard InChI is InChI=1S/C30H33N3O3S/c1-20-10-12-25-23(17-27(34)35)18-33(28(25)32-20)26-13-11-22(16-24(26)19-37-30(2,3)4)29(36)31-15-14-21-8-6-5-7-9-21/h5-13,16,18H,14-15,17,19H2,1-4H3,(H,31,36)(H,34,35). The van der Waals surface area contributed by atoms with Crippen LogP contribution in [0.1, 0.15) is 53.5 Å². The van der Waals surface area contributed by atoms with Crippen LogP contribution in [0.15, 0.2) is 66.9 Å². The molecule has 6 nitrogen and oxygen atoms in total. The van der Waals surface area contributed by atoms with Crippen molar-refractivity contribution in [1.29, 1.82) is 0 Å². The van der Waals surface area contributed by atoms with Crippen molar-refractivity contribution in [2.75, 3.05) is 6.54 Å². The Labute approximate surface area is 222 Å². The molecule has 0 unspecified atom stereocenters. The Balaban J connectivity index is 1.68. The molecule has 0 aliphatic rings. The molecule has 1 amide bonds. The van der Waals surface area contributed by atoms with Crippen LogP contribution >= 0.6 is 11.8 Å². The second-order valence-corrected chi connectivity index (χ2v) is 12.0. The van der Waals surface area contributed by atoms with Gasteiger partial charge in [-0.15, -0.1) is 0 Å². The number of amides is 1. The molecule has 7 heteroatoms. The van der Waals surface area contributed by atoms with E-state index in [2.05, 4.69) is 38.2 Å². The predicted molar refractivity (Wildman–Crippen MR) is 151 cm³/mol. The number of carbonyl (C=O) groups is 2. The summed E-state index contributed by atoms with van der Waals surface area (Å²) in [6, 6.07) is 19.6. The summed E-state index contributed by atoms with van der Waals surface area (Å²) in [6.07, 6.45) is 2.55. The van der Waals surface area contributed by atoms with E-state index in [0.717, 1.165) is 34.4 Å². The van der Waals surface area contributed by atoms with Gasteiger partial charge in [0.25, 0.3) is 5.91 Å². The first-order valence-electron chi connectivity index (χ1n) is 12.4. The molecule has 0 saturated heterocycles. The summed E-state index contributed by atoms with van der Waals surface area (Å²) in [7, 11) is 0. The van der Waals surface area contributed by atoms with Gasteiger partial charge < -0.3 is 15.0 Å². The maximum Gasteiger partial charge on any atom is 0.307 e. The van der Waals surface area contributed by atoms with Gasteiger partial charge in [0.15, 0.2) is 0 Å². The van der Waals surface area contributed by atoms with Crippen LogP contribution in [0.3, 0.4) is 0 Å². The number of carboxylic acid groups (broad SMARTS) is 1. The lowest BCUT2D eigenvalue weighted by molar-refractivity contribution is -0.136. The number of carbonyl (C=O) groups excluding carboxylic acids is 1. The van der Waals surface area contributed by atoms with Gasteiger partial charge in [0.1, 0.15) is 5.65 Å². The first-order valence-corrected chi connectivity index (χ1v) is 13.4. The van der Waals surface area contributed by atoms with E-state index in [9.17, 15) is 14.7 Å². The third-order valence-electron chi connectivity index (χ3n) is 6.02. The lowest BCUT2D eigenvalue weighted by Gasteiger charge is -2.20. The van der Waals surface area contributed by atoms with E-state index < -0.39 is 5.97 Å². The molecule has 0 bridgehead atoms. The highest BCUT2D eigenvalue weighted by Gasteiger charge is 2.19. The molecule has 37 heavy (non-hydrogen) atoms. The lowest BCUT2D eigenvalue weighted by atomic mass is 10.1. The van der Waals surface area contributed by atoms with Crippen molar-refractivity contribution in [3.05, 3.63) is 94.8 Å². The minimum atomic E-state index is -0.884. The molecular weight excluding hydrogens is 482 g/mol. The van der Waals surface area contributed by atoms with E-state index in [0.29, 0.717) is 23.4 Å². The Morgan fingerprint density at radius 2 is 1.78 bits per heavy atom. The number of aliphatic carboxylic acids is 1. The molecule has 0 fully saturated rings. The molecule has 0 saturated carbocycles. The number of hydrogen-bond donors (Lipinski definition) is 2. The highest BCUT2D eigenvalue weighted by molar-refractivity contribution is 7.99. The highest BCUT2D eigenvalue weighted by Crippen LogP contribution is 2.32. The summed E-state index contributed by atoms with van der Waals surface area (Å²) in [4.78, 5) is 29.3. The average molecular weight is 516 g/mol. The third kappa shape index (κ3) is 6.80. The number of aryl methyl sites for hydroxylation is 1. The number of fused-ring (bicyclic) bond motifs is 1. The van der Waals surface area contributed by atoms with E-state index in [-0.39, 0.29) is 17.1 Å². The van der Waals surface area contributed by atoms with Crippen molar-refractivity contribution < 1.29 is 14.7 Å². The molecule has 2 aromatic carbocycles. The Kier molecular flexibility index (Phi) is 8.03. The third-order valence-corrected chi connectivity index (χ3v) is 7.34. The van der Waals surface area contributed by atoms with Gasteiger partial charge in [-0.2, -0.15) is 11.8 Å². The monoisotopic (exact) mass is 515 g/mol. The number of rotatable bonds is 9. The molecule has 0 spiro atoms. The average Bonchev–Trinajstić information content (AvgIpc) is 3.19. The number of nitrogens with zero attached hydrogens (tertiary/aromatic N) is 2. The summed E-state index contributed by atoms with van der Waals surface area (Å²) in [5.74, 6) is -0.294. The summed E-state index contributed by atoms with van der Waals surface area (Å²) in [5.41, 5.74) is 5.97. The summed E-state index contributed by atoms with van der Waals surface area (Å²) in [5, 5.41) is 13.3. The summed E-state index contributed by atoms with van der Waals surface area (Å²) >= 11 is 1.80. The molecule has 192 valence electrons. The van der Waals surface area contributed by atoms with E-state index in [1.54, 1.807) is 11.8 Å². The number of hydrogen-bond acceptors (Lipinski definition) is 4. The first-order chi connectivity index (χ1) is 17.6. The SMILES string of the molecule is Cc1ccc2c(CC(=O)O)cn(-c3ccc(C(=O)NCCc4ccccc4)cc3CSC(C)(C)C)c2n1. The molecule has 4 aromatic rings. The Morgan fingerprint density at radius 1 is 1.03 bits per heavy atom. The van der Waals surface area contributed by atoms with Crippen LogP contribution in [0.25, 0.3) is 16.7 Å². The van der Waals surface area contributed by atoms with Gasteiger partial charge in [-0.3, -0.25) is 9.59 Å². The number of nitrogens with one attached hydrogen (secondary N) is 1. The maximum absolute atomic E-state index is 13.0. The zero-order valence-corrected chi connectivity index (χ0v) is 22.6. The smallest absolute Gasteiger partial charge is 0.307 e. The second-order valence-electron chi connectivity index (χ2n) is 10.2. The van der Waals surface area contributed by atoms with Gasteiger partial charge in [-0.05, 0) is 60.4 Å². The Hall–Kier alpha value is -3.58. The molecule has 2 aromatic heterocycles. The van der Waals surface area contributed by atoms with Crippen molar-refractivity contribution >= 4 is 34.7 Å². The molecule has 0 aliphatic carbocycles. The summed E-state index contributed by atoms with van der Waals surface area (Å²) in [6.45, 7) is 8.98. The number of pyridine rings is 1. The molecule has 2 heterocycles. The molecule has 2 N–H and O–H groups in total. The van der Waals surface area contributed by atoms with Gasteiger partial charge in [0, 0.05) is 39.9 Å². The minimum absolute atomic E-state index is 0.0350. The van der Waals surface area contributed by atoms with E-state index in [1.807, 2.05) is 66.2 Å². The van der Waals surface area contributed by atoms with Crippen LogP contribution < -0.4 is 5.32 Å². The van der Waals surface area contributed by atoms with Crippen LogP contribution in [0, 0.1) is 6.92 Å². The normalized spacial score (nSPS) is 11.6. The topological polar surface area (TPSA) is 84.2 Å². The quantitative estimate of drug-likeness (QED) is 0.287. The van der Waals surface area contributed by atoms with Crippen LogP contribution in [-0.2, 0) is 23.4 Å². The van der Waals surface area contributed by atoms with Crippen molar-refractivity contribution in [3.8, 4) is 5.69 Å². The molecule has 0 radical (unpaired) electrons. The molecule has 4 rings (SSSR count). The van der Waals surface area contributed by atoms with Crippen LogP contribution in [-0.4, -0.2) is 37.8 Å². The zero-order chi connectivity index (χ0) is 26.6. The fraction of sp³-hybridized carbons (Fsp3) is 0.300. The molecular formula is C30H33N3O3S. The van der Waals surface area contributed by atoms with Crippen LogP contribution in [0.5, 0.6) is 0 Å². The predicted octanol–water partition coefficient (Wildman–Crippen LogP) is 5.97. The van der Waals surface area contributed by atoms with Crippen molar-refractivity contribution in [2.24, 2.45) is 0 Å². The van der Waals surface area contributed by atoms with Crippen LogP contribution in [0.4, 0.5) is 0 Å². The number of carboxylic acids is 1. The summed E-state index contributed by atoms with van der Waals surface area (Å²) < 4.78 is 2.00. The van der Waals surface area contributed by atoms with Gasteiger partial charge in [-0.25, -0.2) is 4.98 Å². The fourth-order valence-corrected chi connectivity index (χ4v) is 5.01. The van der Waals surface area contributed by atoms with Crippen LogP contribution in [0.2, 0.25) is 0 Å². The van der Waals surface area contributed by atoms with Gasteiger partial charge in [0.2, 0.25) is 0 Å².